The molecule has 5 rings (SSSR count). The van der Waals surface area contributed by atoms with Crippen LogP contribution < -0.4 is 22.1 Å². The van der Waals surface area contributed by atoms with Gasteiger partial charge in [0.15, 0.2) is 11.5 Å². The summed E-state index contributed by atoms with van der Waals surface area (Å²) in [5, 5.41) is 0. The molecule has 13 nitrogen and oxygen atoms in total. The second-order valence-electron chi connectivity index (χ2n) is 11.3. The zero-order valence-corrected chi connectivity index (χ0v) is 24.3. The summed E-state index contributed by atoms with van der Waals surface area (Å²) in [6.45, 7) is 7.68. The first-order valence-electron chi connectivity index (χ1n) is 14.8. The number of nitrogens with zero attached hydrogens (tertiary/aromatic N) is 5. The zero-order chi connectivity index (χ0) is 29.5. The number of anilines is 1. The summed E-state index contributed by atoms with van der Waals surface area (Å²) in [6, 6.07) is 8.38. The summed E-state index contributed by atoms with van der Waals surface area (Å²) >= 11 is 0. The minimum absolute atomic E-state index is 0.173. The SMILES string of the molecule is CCCCOc1nc(N)c2[nH]c(=O)n(Cc3ccc(CN4CC5(C4)CN(C(=O)CCCCCON)CCO5)cc3)c2n1. The normalized spacial score (nSPS) is 16.7. The van der Waals surface area contributed by atoms with Gasteiger partial charge in [-0.15, -0.1) is 0 Å². The molecule has 1 amide bonds. The maximum atomic E-state index is 12.7. The van der Waals surface area contributed by atoms with E-state index in [-0.39, 0.29) is 29.0 Å². The molecule has 1 spiro atoms. The monoisotopic (exact) mass is 582 g/mol. The van der Waals surface area contributed by atoms with Gasteiger partial charge in [0.25, 0.3) is 0 Å². The van der Waals surface area contributed by atoms with Crippen LogP contribution in [0.5, 0.6) is 6.01 Å². The Morgan fingerprint density at radius 2 is 1.81 bits per heavy atom. The van der Waals surface area contributed by atoms with Crippen LogP contribution in [0.2, 0.25) is 0 Å². The Morgan fingerprint density at radius 3 is 2.55 bits per heavy atom. The second kappa shape index (κ2) is 13.6. The van der Waals surface area contributed by atoms with Gasteiger partial charge in [-0.3, -0.25) is 14.3 Å². The number of fused-ring (bicyclic) bond motifs is 1. The predicted octanol–water partition coefficient (Wildman–Crippen LogP) is 1.79. The van der Waals surface area contributed by atoms with E-state index in [0.717, 1.165) is 57.3 Å². The smallest absolute Gasteiger partial charge is 0.328 e. The molecule has 2 aromatic heterocycles. The van der Waals surface area contributed by atoms with Gasteiger partial charge in [-0.1, -0.05) is 44.0 Å². The number of aromatic nitrogens is 4. The zero-order valence-electron chi connectivity index (χ0n) is 24.3. The number of likely N-dealkylation sites (tertiary alicyclic amines) is 1. The Morgan fingerprint density at radius 1 is 1.05 bits per heavy atom. The molecule has 2 fully saturated rings. The number of nitrogens with two attached hydrogens (primary N) is 2. The third-order valence-corrected chi connectivity index (χ3v) is 7.91. The summed E-state index contributed by atoms with van der Waals surface area (Å²) in [7, 11) is 0. The van der Waals surface area contributed by atoms with Gasteiger partial charge in [0.1, 0.15) is 11.1 Å². The lowest BCUT2D eigenvalue weighted by Crippen LogP contribution is -2.70. The van der Waals surface area contributed by atoms with Crippen molar-refractivity contribution >= 4 is 22.9 Å². The Hall–Kier alpha value is -3.52. The second-order valence-corrected chi connectivity index (χ2v) is 11.3. The summed E-state index contributed by atoms with van der Waals surface area (Å²) < 4.78 is 13.3. The Kier molecular flexibility index (Phi) is 9.73. The molecule has 0 unspecified atom stereocenters. The molecule has 13 heteroatoms. The van der Waals surface area contributed by atoms with Gasteiger partial charge in [0, 0.05) is 32.6 Å². The summed E-state index contributed by atoms with van der Waals surface area (Å²) in [5.74, 6) is 5.44. The fourth-order valence-corrected chi connectivity index (χ4v) is 5.67. The molecule has 0 bridgehead atoms. The highest BCUT2D eigenvalue weighted by molar-refractivity contribution is 5.82. The van der Waals surface area contributed by atoms with Gasteiger partial charge in [0.2, 0.25) is 5.91 Å². The third-order valence-electron chi connectivity index (χ3n) is 7.91. The largest absolute Gasteiger partial charge is 0.463 e. The summed E-state index contributed by atoms with van der Waals surface area (Å²) in [6.07, 6.45) is 5.07. The highest BCUT2D eigenvalue weighted by Crippen LogP contribution is 2.31. The number of nitrogen functional groups attached to an aromatic ring is 1. The number of nitrogens with one attached hydrogen (secondary N) is 1. The van der Waals surface area contributed by atoms with E-state index in [4.69, 9.17) is 21.1 Å². The molecule has 228 valence electrons. The van der Waals surface area contributed by atoms with Crippen molar-refractivity contribution in [1.29, 1.82) is 0 Å². The van der Waals surface area contributed by atoms with Crippen molar-refractivity contribution < 1.29 is 19.1 Å². The molecule has 1 aromatic carbocycles. The van der Waals surface area contributed by atoms with Crippen LogP contribution in [0.25, 0.3) is 11.2 Å². The molecule has 2 aliphatic heterocycles. The van der Waals surface area contributed by atoms with E-state index >= 15 is 0 Å². The van der Waals surface area contributed by atoms with Crippen LogP contribution in [-0.4, -0.2) is 86.8 Å². The number of carbonyl (C=O) groups excluding carboxylic acids is 1. The van der Waals surface area contributed by atoms with Crippen molar-refractivity contribution in [2.75, 3.05) is 51.7 Å². The Balaban J connectivity index is 1.14. The van der Waals surface area contributed by atoms with Gasteiger partial charge < -0.3 is 29.9 Å². The van der Waals surface area contributed by atoms with Crippen LogP contribution in [0, 0.1) is 0 Å². The van der Waals surface area contributed by atoms with E-state index in [1.54, 1.807) is 4.57 Å². The molecular weight excluding hydrogens is 540 g/mol. The van der Waals surface area contributed by atoms with Crippen molar-refractivity contribution in [3.8, 4) is 6.01 Å². The maximum Gasteiger partial charge on any atom is 0.328 e. The topological polar surface area (TPSA) is 167 Å². The van der Waals surface area contributed by atoms with Gasteiger partial charge in [0.05, 0.1) is 32.9 Å². The quantitative estimate of drug-likeness (QED) is 0.188. The van der Waals surface area contributed by atoms with E-state index < -0.39 is 0 Å². The number of morpholine rings is 1. The molecule has 3 aromatic rings. The first-order valence-corrected chi connectivity index (χ1v) is 14.8. The number of rotatable bonds is 14. The molecule has 42 heavy (non-hydrogen) atoms. The van der Waals surface area contributed by atoms with Crippen LogP contribution >= 0.6 is 0 Å². The number of hydrogen-bond acceptors (Lipinski definition) is 10. The standard InChI is InChI=1S/C29H42N8O5/c1-2-3-13-40-27-33-25(30)24-26(34-27)37(28(39)32-24)17-22-10-8-21(9-11-22)16-35-18-29(19-35)20-36(12-15-41-29)23(38)7-5-4-6-14-42-31/h8-11H,2-7,12-20,31H2,1H3,(H,32,39)(H2,30,33,34). The van der Waals surface area contributed by atoms with Gasteiger partial charge in [-0.05, 0) is 30.4 Å². The van der Waals surface area contributed by atoms with Gasteiger partial charge >= 0.3 is 11.7 Å². The van der Waals surface area contributed by atoms with Gasteiger partial charge in [-0.25, -0.2) is 10.7 Å². The third kappa shape index (κ3) is 7.09. The average molecular weight is 583 g/mol. The van der Waals surface area contributed by atoms with Crippen molar-refractivity contribution in [2.24, 2.45) is 5.90 Å². The molecule has 0 radical (unpaired) electrons. The van der Waals surface area contributed by atoms with Crippen LogP contribution in [-0.2, 0) is 27.5 Å². The number of hydrogen-bond donors (Lipinski definition) is 3. The number of amides is 1. The first-order chi connectivity index (χ1) is 20.4. The number of aromatic amines is 1. The van der Waals surface area contributed by atoms with Crippen molar-refractivity contribution in [3.05, 3.63) is 45.9 Å². The number of H-pyrrole nitrogens is 1. The molecule has 5 N–H and O–H groups in total. The van der Waals surface area contributed by atoms with Crippen LogP contribution in [0.1, 0.15) is 56.6 Å². The minimum Gasteiger partial charge on any atom is -0.463 e. The van der Waals surface area contributed by atoms with E-state index in [9.17, 15) is 9.59 Å². The first kappa shape index (κ1) is 30.0. The number of benzene rings is 1. The van der Waals surface area contributed by atoms with E-state index in [1.165, 1.54) is 5.56 Å². The van der Waals surface area contributed by atoms with Crippen LogP contribution in [0.15, 0.2) is 29.1 Å². The lowest BCUT2D eigenvalue weighted by atomic mass is 9.91. The molecule has 2 aliphatic rings. The average Bonchev–Trinajstić information content (AvgIpc) is 3.28. The molecule has 4 heterocycles. The molecule has 0 saturated carbocycles. The summed E-state index contributed by atoms with van der Waals surface area (Å²) in [5.41, 5.74) is 8.47. The fourth-order valence-electron chi connectivity index (χ4n) is 5.67. The highest BCUT2D eigenvalue weighted by Gasteiger charge is 2.47. The fraction of sp³-hybridized carbons (Fsp3) is 0.586. The van der Waals surface area contributed by atoms with Gasteiger partial charge in [-0.2, -0.15) is 9.97 Å². The Labute approximate surface area is 245 Å². The molecule has 0 aliphatic carbocycles. The van der Waals surface area contributed by atoms with Crippen molar-refractivity contribution in [1.82, 2.24) is 29.3 Å². The van der Waals surface area contributed by atoms with Crippen molar-refractivity contribution in [2.45, 2.75) is 64.1 Å². The number of carbonyl (C=O) groups is 1. The van der Waals surface area contributed by atoms with E-state index in [0.29, 0.717) is 57.0 Å². The Bertz CT molecular complexity index is 1400. The number of imidazole rings is 1. The minimum atomic E-state index is -0.298. The maximum absolute atomic E-state index is 12.7. The van der Waals surface area contributed by atoms with E-state index in [2.05, 4.69) is 43.7 Å². The summed E-state index contributed by atoms with van der Waals surface area (Å²) in [4.78, 5) is 45.7. The lowest BCUT2D eigenvalue weighted by Gasteiger charge is -2.54. The van der Waals surface area contributed by atoms with Crippen LogP contribution in [0.4, 0.5) is 5.82 Å². The predicted molar refractivity (Wildman–Crippen MR) is 158 cm³/mol. The number of unbranched alkanes of at least 4 members (excludes halogenated alkanes) is 3. The van der Waals surface area contributed by atoms with Crippen LogP contribution in [0.3, 0.4) is 0 Å². The molecular formula is C29H42N8O5. The van der Waals surface area contributed by atoms with E-state index in [1.807, 2.05) is 17.0 Å². The highest BCUT2D eigenvalue weighted by atomic mass is 16.6. The lowest BCUT2D eigenvalue weighted by molar-refractivity contribution is -0.190. The number of ether oxygens (including phenoxy) is 2. The molecule has 0 atom stereocenters. The molecule has 2 saturated heterocycles. The van der Waals surface area contributed by atoms with Crippen molar-refractivity contribution in [3.63, 3.8) is 0 Å².